The van der Waals surface area contributed by atoms with Crippen molar-refractivity contribution in [2.24, 2.45) is 0 Å². The predicted octanol–water partition coefficient (Wildman–Crippen LogP) is 1.51. The molecule has 0 radical (unpaired) electrons. The Morgan fingerprint density at radius 3 is 2.71 bits per heavy atom. The Morgan fingerprint density at radius 1 is 1.21 bits per heavy atom. The summed E-state index contributed by atoms with van der Waals surface area (Å²) in [6, 6.07) is 3.76. The largest absolute Gasteiger partial charge is 0.475 e. The van der Waals surface area contributed by atoms with Crippen LogP contribution in [-0.2, 0) is 13.1 Å². The minimum absolute atomic E-state index is 0.0197. The van der Waals surface area contributed by atoms with E-state index >= 15 is 0 Å². The maximum Gasteiger partial charge on any atom is 0.225 e. The van der Waals surface area contributed by atoms with Crippen molar-refractivity contribution in [3.8, 4) is 5.88 Å². The lowest BCUT2D eigenvalue weighted by Gasteiger charge is -2.22. The number of hydrogen-bond acceptors (Lipinski definition) is 7. The van der Waals surface area contributed by atoms with E-state index in [0.29, 0.717) is 18.1 Å². The molecule has 3 N–H and O–H groups in total. The first-order valence-electron chi connectivity index (χ1n) is 8.23. The summed E-state index contributed by atoms with van der Waals surface area (Å²) in [6.07, 6.45) is 0.378. The van der Waals surface area contributed by atoms with Gasteiger partial charge in [-0.2, -0.15) is 15.1 Å². The van der Waals surface area contributed by atoms with Crippen LogP contribution in [0.25, 0.3) is 0 Å². The minimum atomic E-state index is -0.571. The Balaban J connectivity index is 1.87. The van der Waals surface area contributed by atoms with Crippen molar-refractivity contribution in [2.45, 2.75) is 52.5 Å². The van der Waals surface area contributed by atoms with E-state index in [2.05, 4.69) is 20.0 Å². The maximum absolute atomic E-state index is 9.74. The number of nitrogen functional groups attached to an aromatic ring is 1. The second kappa shape index (κ2) is 6.64. The molecule has 0 aliphatic carbocycles. The third-order valence-corrected chi connectivity index (χ3v) is 3.85. The van der Waals surface area contributed by atoms with Crippen LogP contribution in [0, 0.1) is 0 Å². The normalized spacial score (nSPS) is 16.0. The topological polar surface area (TPSA) is 102 Å². The van der Waals surface area contributed by atoms with E-state index in [1.807, 2.05) is 30.7 Å². The highest BCUT2D eigenvalue weighted by molar-refractivity contribution is 5.46. The van der Waals surface area contributed by atoms with Crippen LogP contribution in [0.2, 0.25) is 0 Å². The van der Waals surface area contributed by atoms with Crippen molar-refractivity contribution >= 4 is 11.8 Å². The molecule has 1 atom stereocenters. The quantitative estimate of drug-likeness (QED) is 0.874. The highest BCUT2D eigenvalue weighted by Gasteiger charge is 2.20. The monoisotopic (exact) mass is 332 g/mol. The fraction of sp³-hybridized carbons (Fsp3) is 0.562. The molecule has 0 aromatic carbocycles. The molecule has 1 unspecified atom stereocenters. The third-order valence-electron chi connectivity index (χ3n) is 3.85. The average molecular weight is 332 g/mol. The number of ether oxygens (including phenoxy) is 1. The van der Waals surface area contributed by atoms with Gasteiger partial charge in [0, 0.05) is 19.2 Å². The van der Waals surface area contributed by atoms with Crippen molar-refractivity contribution in [3.63, 3.8) is 0 Å². The minimum Gasteiger partial charge on any atom is -0.475 e. The van der Waals surface area contributed by atoms with Gasteiger partial charge >= 0.3 is 0 Å². The van der Waals surface area contributed by atoms with Gasteiger partial charge < -0.3 is 20.5 Å². The lowest BCUT2D eigenvalue weighted by molar-refractivity contribution is 0.193. The summed E-state index contributed by atoms with van der Waals surface area (Å²) in [6.45, 7) is 7.91. The molecule has 0 bridgehead atoms. The molecule has 3 heterocycles. The summed E-state index contributed by atoms with van der Waals surface area (Å²) in [5.41, 5.74) is 7.58. The molecule has 0 saturated heterocycles. The number of nitrogens with zero attached hydrogens (tertiary/aromatic N) is 5. The van der Waals surface area contributed by atoms with Crippen LogP contribution in [0.15, 0.2) is 12.1 Å². The van der Waals surface area contributed by atoms with E-state index in [1.54, 1.807) is 6.92 Å². The van der Waals surface area contributed by atoms with Gasteiger partial charge in [0.1, 0.15) is 5.82 Å². The van der Waals surface area contributed by atoms with E-state index < -0.39 is 6.10 Å². The zero-order chi connectivity index (χ0) is 17.3. The fourth-order valence-electron chi connectivity index (χ4n) is 2.78. The predicted molar refractivity (Wildman–Crippen MR) is 90.7 cm³/mol. The van der Waals surface area contributed by atoms with Gasteiger partial charge in [-0.15, -0.1) is 0 Å². The Hall–Kier alpha value is -2.35. The van der Waals surface area contributed by atoms with Gasteiger partial charge in [-0.1, -0.05) is 0 Å². The Labute approximate surface area is 141 Å². The lowest BCUT2D eigenvalue weighted by atomic mass is 10.2. The summed E-state index contributed by atoms with van der Waals surface area (Å²) in [5.74, 6) is 1.42. The first kappa shape index (κ1) is 16.5. The highest BCUT2D eigenvalue weighted by atomic mass is 16.5. The van der Waals surface area contributed by atoms with E-state index in [-0.39, 0.29) is 12.1 Å². The molecule has 1 aliphatic heterocycles. The van der Waals surface area contributed by atoms with Crippen molar-refractivity contribution in [1.29, 1.82) is 0 Å². The van der Waals surface area contributed by atoms with Crippen LogP contribution in [-0.4, -0.2) is 37.5 Å². The van der Waals surface area contributed by atoms with E-state index in [9.17, 15) is 5.11 Å². The van der Waals surface area contributed by atoms with Gasteiger partial charge in [0.25, 0.3) is 0 Å². The van der Waals surface area contributed by atoms with E-state index in [0.717, 1.165) is 31.0 Å². The SMILES string of the molecule is CC(C)Oc1cc(N2CCCn3nc(C(C)O)cc3C2)nc(N)n1. The summed E-state index contributed by atoms with van der Waals surface area (Å²) >= 11 is 0. The number of aromatic nitrogens is 4. The average Bonchev–Trinajstić information content (AvgIpc) is 2.78. The molecule has 0 fully saturated rings. The molecule has 2 aromatic rings. The molecule has 8 nitrogen and oxygen atoms in total. The van der Waals surface area contributed by atoms with Crippen LogP contribution in [0.5, 0.6) is 5.88 Å². The van der Waals surface area contributed by atoms with Gasteiger partial charge in [0.2, 0.25) is 11.8 Å². The molecule has 24 heavy (non-hydrogen) atoms. The van der Waals surface area contributed by atoms with Gasteiger partial charge in [-0.3, -0.25) is 4.68 Å². The molecule has 0 amide bonds. The third kappa shape index (κ3) is 3.59. The number of aliphatic hydroxyl groups excluding tert-OH is 1. The van der Waals surface area contributed by atoms with Crippen molar-refractivity contribution in [3.05, 3.63) is 23.5 Å². The summed E-state index contributed by atoms with van der Waals surface area (Å²) in [5, 5.41) is 14.2. The fourth-order valence-corrected chi connectivity index (χ4v) is 2.78. The molecule has 3 rings (SSSR count). The van der Waals surface area contributed by atoms with Crippen LogP contribution in [0.3, 0.4) is 0 Å². The van der Waals surface area contributed by atoms with Gasteiger partial charge in [0.05, 0.1) is 30.1 Å². The Bertz CT molecular complexity index is 713. The number of anilines is 2. The summed E-state index contributed by atoms with van der Waals surface area (Å²) in [7, 11) is 0. The van der Waals surface area contributed by atoms with E-state index in [1.165, 1.54) is 0 Å². The number of fused-ring (bicyclic) bond motifs is 1. The van der Waals surface area contributed by atoms with Gasteiger partial charge in [0.15, 0.2) is 0 Å². The number of hydrogen-bond donors (Lipinski definition) is 2. The molecule has 0 saturated carbocycles. The van der Waals surface area contributed by atoms with Gasteiger partial charge in [-0.05, 0) is 33.3 Å². The van der Waals surface area contributed by atoms with Crippen molar-refractivity contribution in [1.82, 2.24) is 19.7 Å². The summed E-state index contributed by atoms with van der Waals surface area (Å²) < 4.78 is 7.61. The zero-order valence-electron chi connectivity index (χ0n) is 14.3. The Morgan fingerprint density at radius 2 is 2.00 bits per heavy atom. The summed E-state index contributed by atoms with van der Waals surface area (Å²) in [4.78, 5) is 10.6. The van der Waals surface area contributed by atoms with Crippen LogP contribution in [0.4, 0.5) is 11.8 Å². The molecule has 1 aliphatic rings. The molecule has 0 spiro atoms. The first-order valence-corrected chi connectivity index (χ1v) is 8.23. The maximum atomic E-state index is 9.74. The highest BCUT2D eigenvalue weighted by Crippen LogP contribution is 2.24. The van der Waals surface area contributed by atoms with Crippen molar-refractivity contribution < 1.29 is 9.84 Å². The number of aliphatic hydroxyl groups is 1. The zero-order valence-corrected chi connectivity index (χ0v) is 14.3. The molecule has 2 aromatic heterocycles. The number of rotatable bonds is 4. The first-order chi connectivity index (χ1) is 11.4. The van der Waals surface area contributed by atoms with Gasteiger partial charge in [-0.25, -0.2) is 0 Å². The van der Waals surface area contributed by atoms with Crippen LogP contribution >= 0.6 is 0 Å². The Kier molecular flexibility index (Phi) is 4.57. The second-order valence-electron chi connectivity index (χ2n) is 6.32. The lowest BCUT2D eigenvalue weighted by Crippen LogP contribution is -2.24. The second-order valence-corrected chi connectivity index (χ2v) is 6.32. The molecular weight excluding hydrogens is 308 g/mol. The standard InChI is InChI=1S/C16H24N6O2/c1-10(2)24-15-8-14(18-16(17)19-15)21-5-4-6-22-12(9-21)7-13(20-22)11(3)23/h7-8,10-11,23H,4-6,9H2,1-3H3,(H2,17,18,19). The number of nitrogens with two attached hydrogens (primary N) is 1. The molecule has 130 valence electrons. The van der Waals surface area contributed by atoms with E-state index in [4.69, 9.17) is 10.5 Å². The number of aryl methyl sites for hydroxylation is 1. The van der Waals surface area contributed by atoms with Crippen molar-refractivity contribution in [2.75, 3.05) is 17.2 Å². The molecule has 8 heteroatoms. The van der Waals surface area contributed by atoms with Crippen LogP contribution < -0.4 is 15.4 Å². The smallest absolute Gasteiger partial charge is 0.225 e. The van der Waals surface area contributed by atoms with Crippen LogP contribution in [0.1, 0.15) is 44.7 Å². The molecular formula is C16H24N6O2.